The molecule has 1 heterocycles. The van der Waals surface area contributed by atoms with Crippen LogP contribution < -0.4 is 5.32 Å². The zero-order valence-electron chi connectivity index (χ0n) is 11.9. The maximum absolute atomic E-state index is 12.8. The number of benzene rings is 1. The third-order valence-electron chi connectivity index (χ3n) is 2.75. The molecule has 0 aliphatic rings. The molecule has 0 unspecified atom stereocenters. The molecule has 0 atom stereocenters. The average molecular weight is 319 g/mol. The van der Waals surface area contributed by atoms with Crippen LogP contribution in [-0.2, 0) is 11.0 Å². The molecule has 0 saturated heterocycles. The highest BCUT2D eigenvalue weighted by molar-refractivity contribution is 5.91. The number of halogens is 3. The summed E-state index contributed by atoms with van der Waals surface area (Å²) in [7, 11) is 0. The van der Waals surface area contributed by atoms with Crippen molar-refractivity contribution >= 4 is 12.0 Å². The van der Waals surface area contributed by atoms with Crippen LogP contribution in [0.5, 0.6) is 0 Å². The highest BCUT2D eigenvalue weighted by Gasteiger charge is 2.32. The van der Waals surface area contributed by atoms with Gasteiger partial charge in [0.2, 0.25) is 5.91 Å². The molecule has 1 amide bonds. The quantitative estimate of drug-likeness (QED) is 0.695. The fourth-order valence-corrected chi connectivity index (χ4v) is 1.71. The summed E-state index contributed by atoms with van der Waals surface area (Å²) in [5.74, 6) is 5.02. The van der Waals surface area contributed by atoms with Gasteiger partial charge in [-0.15, -0.1) is 0 Å². The van der Waals surface area contributed by atoms with E-state index in [4.69, 9.17) is 4.42 Å². The summed E-state index contributed by atoms with van der Waals surface area (Å²) in [6.45, 7) is -0.0620. The smallest absolute Gasteiger partial charge is 0.417 e. The topological polar surface area (TPSA) is 42.2 Å². The summed E-state index contributed by atoms with van der Waals surface area (Å²) in [6.07, 6.45) is -0.257. The molecule has 2 aromatic rings. The van der Waals surface area contributed by atoms with Gasteiger partial charge in [-0.05, 0) is 30.3 Å². The maximum Gasteiger partial charge on any atom is 0.417 e. The highest BCUT2D eigenvalue weighted by atomic mass is 19.4. The molecular weight excluding hydrogens is 307 g/mol. The van der Waals surface area contributed by atoms with E-state index in [1.807, 2.05) is 0 Å². The van der Waals surface area contributed by atoms with Gasteiger partial charge in [-0.1, -0.05) is 24.0 Å². The Hall–Kier alpha value is -2.94. The summed E-state index contributed by atoms with van der Waals surface area (Å²) in [5.41, 5.74) is -0.920. The molecule has 0 aliphatic carbocycles. The van der Waals surface area contributed by atoms with Crippen LogP contribution in [-0.4, -0.2) is 12.5 Å². The highest BCUT2D eigenvalue weighted by Crippen LogP contribution is 2.31. The van der Waals surface area contributed by atoms with E-state index >= 15 is 0 Å². The predicted molar refractivity (Wildman–Crippen MR) is 79.1 cm³/mol. The minimum atomic E-state index is -4.46. The third kappa shape index (κ3) is 5.08. The number of furan rings is 1. The number of amides is 1. The lowest BCUT2D eigenvalue weighted by atomic mass is 10.1. The van der Waals surface area contributed by atoms with Crippen molar-refractivity contribution in [1.82, 2.24) is 5.32 Å². The molecule has 3 nitrogen and oxygen atoms in total. The SMILES string of the molecule is O=C(/C=C/c1ccco1)NCC#Cc1ccccc1C(F)(F)F. The second-order valence-corrected chi connectivity index (χ2v) is 4.41. The maximum atomic E-state index is 12.8. The Kier molecular flexibility index (Phi) is 5.26. The van der Waals surface area contributed by atoms with E-state index in [0.29, 0.717) is 5.76 Å². The molecule has 0 radical (unpaired) electrons. The number of nitrogens with one attached hydrogen (secondary N) is 1. The van der Waals surface area contributed by atoms with Gasteiger partial charge in [-0.3, -0.25) is 4.79 Å². The molecule has 2 rings (SSSR count). The number of hydrogen-bond donors (Lipinski definition) is 1. The third-order valence-corrected chi connectivity index (χ3v) is 2.75. The standard InChI is InChI=1S/C17H12F3NO2/c18-17(19,20)15-8-2-1-5-13(15)6-3-11-21-16(22)10-9-14-7-4-12-23-14/h1-2,4-5,7-10,12H,11H2,(H,21,22)/b10-9+. The van der Waals surface area contributed by atoms with Crippen LogP contribution in [0.1, 0.15) is 16.9 Å². The van der Waals surface area contributed by atoms with Crippen LogP contribution in [0.15, 0.2) is 53.2 Å². The minimum Gasteiger partial charge on any atom is -0.465 e. The van der Waals surface area contributed by atoms with Gasteiger partial charge in [0.25, 0.3) is 0 Å². The molecule has 118 valence electrons. The lowest BCUT2D eigenvalue weighted by Crippen LogP contribution is -2.21. The lowest BCUT2D eigenvalue weighted by molar-refractivity contribution is -0.137. The van der Waals surface area contributed by atoms with Crippen LogP contribution in [0.2, 0.25) is 0 Å². The Labute approximate surface area is 130 Å². The van der Waals surface area contributed by atoms with Gasteiger partial charge in [-0.25, -0.2) is 0 Å². The van der Waals surface area contributed by atoms with Crippen molar-refractivity contribution in [2.75, 3.05) is 6.54 Å². The van der Waals surface area contributed by atoms with E-state index in [9.17, 15) is 18.0 Å². The molecule has 1 aromatic heterocycles. The zero-order chi connectivity index (χ0) is 16.7. The van der Waals surface area contributed by atoms with Gasteiger partial charge in [0.1, 0.15) is 5.76 Å². The van der Waals surface area contributed by atoms with Crippen molar-refractivity contribution in [2.45, 2.75) is 6.18 Å². The van der Waals surface area contributed by atoms with Crippen molar-refractivity contribution in [2.24, 2.45) is 0 Å². The van der Waals surface area contributed by atoms with Crippen LogP contribution in [0.25, 0.3) is 6.08 Å². The van der Waals surface area contributed by atoms with Crippen molar-refractivity contribution < 1.29 is 22.4 Å². The number of rotatable bonds is 3. The zero-order valence-corrected chi connectivity index (χ0v) is 11.9. The van der Waals surface area contributed by atoms with E-state index in [1.54, 1.807) is 12.1 Å². The Morgan fingerprint density at radius 3 is 2.70 bits per heavy atom. The fourth-order valence-electron chi connectivity index (χ4n) is 1.71. The Balaban J connectivity index is 1.93. The van der Waals surface area contributed by atoms with Gasteiger partial charge in [0, 0.05) is 11.6 Å². The molecule has 0 saturated carbocycles. The summed E-state index contributed by atoms with van der Waals surface area (Å²) in [6, 6.07) is 8.39. The first-order chi connectivity index (χ1) is 11.0. The van der Waals surface area contributed by atoms with Crippen molar-refractivity contribution in [3.05, 3.63) is 65.6 Å². The number of hydrogen-bond acceptors (Lipinski definition) is 2. The minimum absolute atomic E-state index is 0.0620. The van der Waals surface area contributed by atoms with Gasteiger partial charge in [0.15, 0.2) is 0 Å². The molecule has 1 N–H and O–H groups in total. The normalized spacial score (nSPS) is 11.1. The summed E-state index contributed by atoms with van der Waals surface area (Å²) >= 11 is 0. The molecule has 0 aliphatic heterocycles. The first-order valence-corrected chi connectivity index (χ1v) is 6.61. The second kappa shape index (κ2) is 7.36. The van der Waals surface area contributed by atoms with Crippen LogP contribution in [0.3, 0.4) is 0 Å². The van der Waals surface area contributed by atoms with Crippen LogP contribution >= 0.6 is 0 Å². The molecule has 6 heteroatoms. The molecule has 0 bridgehead atoms. The Bertz CT molecular complexity index is 750. The van der Waals surface area contributed by atoms with Crippen molar-refractivity contribution in [3.63, 3.8) is 0 Å². The molecule has 1 aromatic carbocycles. The Morgan fingerprint density at radius 1 is 1.22 bits per heavy atom. The Morgan fingerprint density at radius 2 is 2.00 bits per heavy atom. The summed E-state index contributed by atoms with van der Waals surface area (Å²) < 4.78 is 43.3. The van der Waals surface area contributed by atoms with E-state index in [2.05, 4.69) is 17.2 Å². The first kappa shape index (κ1) is 16.4. The fraction of sp³-hybridized carbons (Fsp3) is 0.118. The summed E-state index contributed by atoms with van der Waals surface area (Å²) in [5, 5.41) is 2.45. The monoisotopic (exact) mass is 319 g/mol. The lowest BCUT2D eigenvalue weighted by Gasteiger charge is -2.08. The summed E-state index contributed by atoms with van der Waals surface area (Å²) in [4.78, 5) is 11.5. The van der Waals surface area contributed by atoms with Crippen molar-refractivity contribution in [3.8, 4) is 11.8 Å². The van der Waals surface area contributed by atoms with Gasteiger partial charge < -0.3 is 9.73 Å². The predicted octanol–water partition coefficient (Wildman–Crippen LogP) is 3.48. The molecule has 0 fully saturated rings. The molecule has 0 spiro atoms. The largest absolute Gasteiger partial charge is 0.465 e. The van der Waals surface area contributed by atoms with E-state index in [1.165, 1.54) is 36.6 Å². The molecule has 23 heavy (non-hydrogen) atoms. The second-order valence-electron chi connectivity index (χ2n) is 4.41. The van der Waals surface area contributed by atoms with Crippen molar-refractivity contribution in [1.29, 1.82) is 0 Å². The van der Waals surface area contributed by atoms with E-state index < -0.39 is 17.6 Å². The van der Waals surface area contributed by atoms with Gasteiger partial charge >= 0.3 is 6.18 Å². The van der Waals surface area contributed by atoms with Crippen LogP contribution in [0, 0.1) is 11.8 Å². The van der Waals surface area contributed by atoms with Crippen LogP contribution in [0.4, 0.5) is 13.2 Å². The van der Waals surface area contributed by atoms with E-state index in [0.717, 1.165) is 6.07 Å². The number of alkyl halides is 3. The number of carbonyl (C=O) groups excluding carboxylic acids is 1. The number of carbonyl (C=O) groups is 1. The van der Waals surface area contributed by atoms with E-state index in [-0.39, 0.29) is 12.1 Å². The van der Waals surface area contributed by atoms with Gasteiger partial charge in [0.05, 0.1) is 18.4 Å². The van der Waals surface area contributed by atoms with Gasteiger partial charge in [-0.2, -0.15) is 13.2 Å². The molecular formula is C17H12F3NO2. The average Bonchev–Trinajstić information content (AvgIpc) is 3.02. The first-order valence-electron chi connectivity index (χ1n) is 6.61.